The molecule has 2 aromatic carbocycles. The van der Waals surface area contributed by atoms with Crippen LogP contribution in [0.5, 0.6) is 17.4 Å². The van der Waals surface area contributed by atoms with Gasteiger partial charge in [0, 0.05) is 24.1 Å². The maximum absolute atomic E-state index is 9.13. The summed E-state index contributed by atoms with van der Waals surface area (Å²) < 4.78 is 16.8. The molecule has 0 amide bonds. The quantitative estimate of drug-likeness (QED) is 0.442. The van der Waals surface area contributed by atoms with E-state index in [1.54, 1.807) is 25.3 Å². The maximum atomic E-state index is 9.13. The van der Waals surface area contributed by atoms with Gasteiger partial charge in [0.25, 0.3) is 0 Å². The van der Waals surface area contributed by atoms with Crippen molar-refractivity contribution in [3.05, 3.63) is 65.3 Å². The molecule has 0 N–H and O–H groups in total. The molecule has 4 rings (SSSR count). The Morgan fingerprint density at radius 2 is 1.86 bits per heavy atom. The highest BCUT2D eigenvalue weighted by molar-refractivity contribution is 7.17. The van der Waals surface area contributed by atoms with Gasteiger partial charge in [-0.05, 0) is 17.7 Å². The summed E-state index contributed by atoms with van der Waals surface area (Å²) in [5.74, 6) is 1.88. The van der Waals surface area contributed by atoms with Crippen molar-refractivity contribution in [1.29, 1.82) is 5.26 Å². The fourth-order valence-electron chi connectivity index (χ4n) is 2.98. The smallest absolute Gasteiger partial charge is 0.232 e. The molecule has 2 aromatic heterocycles. The molecule has 0 saturated carbocycles. The first-order valence-electron chi connectivity index (χ1n) is 8.82. The van der Waals surface area contributed by atoms with Gasteiger partial charge in [0.15, 0.2) is 17.3 Å². The molecule has 0 spiro atoms. The summed E-state index contributed by atoms with van der Waals surface area (Å²) in [7, 11) is 3.14. The molecule has 6 nitrogen and oxygen atoms in total. The van der Waals surface area contributed by atoms with E-state index in [2.05, 4.69) is 16.0 Å². The molecule has 7 heteroatoms. The molecular formula is C22H17N3O3S. The van der Waals surface area contributed by atoms with E-state index in [0.717, 1.165) is 21.3 Å². The van der Waals surface area contributed by atoms with Crippen LogP contribution in [0.3, 0.4) is 0 Å². The van der Waals surface area contributed by atoms with E-state index in [-0.39, 0.29) is 6.61 Å². The van der Waals surface area contributed by atoms with Gasteiger partial charge in [-0.1, -0.05) is 30.3 Å². The lowest BCUT2D eigenvalue weighted by atomic mass is 10.1. The monoisotopic (exact) mass is 403 g/mol. The van der Waals surface area contributed by atoms with Crippen LogP contribution in [0.15, 0.2) is 53.9 Å². The molecule has 4 aromatic rings. The molecule has 0 fully saturated rings. The molecule has 2 heterocycles. The lowest BCUT2D eigenvalue weighted by molar-refractivity contribution is 0.177. The zero-order chi connectivity index (χ0) is 20.2. The van der Waals surface area contributed by atoms with Gasteiger partial charge in [0.2, 0.25) is 5.88 Å². The van der Waals surface area contributed by atoms with E-state index >= 15 is 0 Å². The topological polar surface area (TPSA) is 77.3 Å². The number of aromatic nitrogens is 2. The van der Waals surface area contributed by atoms with Crippen LogP contribution in [-0.2, 0) is 11.3 Å². The minimum absolute atomic E-state index is 0.273. The largest absolute Gasteiger partial charge is 0.493 e. The predicted octanol–water partition coefficient (Wildman–Crippen LogP) is 5.18. The van der Waals surface area contributed by atoms with Crippen molar-refractivity contribution in [2.45, 2.75) is 6.61 Å². The molecule has 0 radical (unpaired) electrons. The summed E-state index contributed by atoms with van der Waals surface area (Å²) in [4.78, 5) is 10.0. The minimum atomic E-state index is 0.273. The Kier molecular flexibility index (Phi) is 5.38. The van der Waals surface area contributed by atoms with Gasteiger partial charge in [-0.15, -0.1) is 11.3 Å². The number of fused-ring (bicyclic) bond motifs is 1. The molecule has 29 heavy (non-hydrogen) atoms. The van der Waals surface area contributed by atoms with Gasteiger partial charge >= 0.3 is 0 Å². The third-order valence-corrected chi connectivity index (χ3v) is 5.18. The first-order valence-corrected chi connectivity index (χ1v) is 9.70. The summed E-state index contributed by atoms with van der Waals surface area (Å²) >= 11 is 1.53. The van der Waals surface area contributed by atoms with Crippen molar-refractivity contribution < 1.29 is 14.2 Å². The number of nitrogens with zero attached hydrogens (tertiary/aromatic N) is 3. The van der Waals surface area contributed by atoms with Gasteiger partial charge in [-0.3, -0.25) is 0 Å². The van der Waals surface area contributed by atoms with E-state index in [9.17, 15) is 0 Å². The van der Waals surface area contributed by atoms with Crippen LogP contribution in [0.1, 0.15) is 11.4 Å². The van der Waals surface area contributed by atoms with E-state index in [4.69, 9.17) is 19.5 Å². The van der Waals surface area contributed by atoms with E-state index < -0.39 is 0 Å². The van der Waals surface area contributed by atoms with Crippen molar-refractivity contribution in [2.75, 3.05) is 14.2 Å². The summed E-state index contributed by atoms with van der Waals surface area (Å²) in [5.41, 5.74) is 2.54. The molecule has 0 unspecified atom stereocenters. The number of methoxy groups -OCH3 is 2. The van der Waals surface area contributed by atoms with Crippen LogP contribution in [0.2, 0.25) is 0 Å². The van der Waals surface area contributed by atoms with Crippen LogP contribution in [0.4, 0.5) is 0 Å². The lowest BCUT2D eigenvalue weighted by Gasteiger charge is -2.12. The number of thiophene rings is 1. The van der Waals surface area contributed by atoms with Crippen molar-refractivity contribution in [3.63, 3.8) is 0 Å². The van der Waals surface area contributed by atoms with E-state index in [0.29, 0.717) is 28.8 Å². The van der Waals surface area contributed by atoms with Crippen LogP contribution in [-0.4, -0.2) is 24.2 Å². The SMILES string of the molecule is COCc1nc(Oc2ccc(C#N)cc2OC)c2c(-c3ccccc3)csc2n1. The van der Waals surface area contributed by atoms with Crippen molar-refractivity contribution in [3.8, 4) is 34.6 Å². The normalized spacial score (nSPS) is 10.7. The van der Waals surface area contributed by atoms with Crippen LogP contribution in [0.25, 0.3) is 21.3 Å². The fraction of sp³-hybridized carbons (Fsp3) is 0.136. The van der Waals surface area contributed by atoms with Gasteiger partial charge < -0.3 is 14.2 Å². The average molecular weight is 403 g/mol. The number of hydrogen-bond acceptors (Lipinski definition) is 7. The second-order valence-corrected chi connectivity index (χ2v) is 7.01. The van der Waals surface area contributed by atoms with Crippen LogP contribution in [0, 0.1) is 11.3 Å². The van der Waals surface area contributed by atoms with Gasteiger partial charge in [-0.2, -0.15) is 10.2 Å². The Balaban J connectivity index is 1.88. The zero-order valence-electron chi connectivity index (χ0n) is 15.9. The number of hydrogen-bond donors (Lipinski definition) is 0. The molecule has 0 saturated heterocycles. The standard InChI is InChI=1S/C22H17N3O3S/c1-26-12-19-24-21(28-17-9-8-14(11-23)10-18(17)27-2)20-16(13-29-22(20)25-19)15-6-4-3-5-7-15/h3-10,13H,12H2,1-2H3. The Morgan fingerprint density at radius 3 is 2.59 bits per heavy atom. The minimum Gasteiger partial charge on any atom is -0.493 e. The number of benzene rings is 2. The summed E-state index contributed by atoms with van der Waals surface area (Å²) in [6.45, 7) is 0.273. The van der Waals surface area contributed by atoms with Crippen molar-refractivity contribution in [1.82, 2.24) is 9.97 Å². The fourth-order valence-corrected chi connectivity index (χ4v) is 3.93. The second kappa shape index (κ2) is 8.27. The van der Waals surface area contributed by atoms with Crippen molar-refractivity contribution >= 4 is 21.6 Å². The Labute approximate surface area is 171 Å². The summed E-state index contributed by atoms with van der Waals surface area (Å²) in [6, 6.07) is 17.1. The molecule has 0 aliphatic carbocycles. The summed E-state index contributed by atoms with van der Waals surface area (Å²) in [5, 5.41) is 12.0. The Morgan fingerprint density at radius 1 is 1.03 bits per heavy atom. The zero-order valence-corrected chi connectivity index (χ0v) is 16.7. The molecule has 0 atom stereocenters. The lowest BCUT2D eigenvalue weighted by Crippen LogP contribution is -2.00. The third-order valence-electron chi connectivity index (χ3n) is 4.30. The predicted molar refractivity (Wildman–Crippen MR) is 111 cm³/mol. The summed E-state index contributed by atoms with van der Waals surface area (Å²) in [6.07, 6.45) is 0. The molecule has 0 aliphatic heterocycles. The highest BCUT2D eigenvalue weighted by Crippen LogP contribution is 2.41. The molecular weight excluding hydrogens is 386 g/mol. The Bertz CT molecular complexity index is 1200. The first kappa shape index (κ1) is 18.9. The highest BCUT2D eigenvalue weighted by Gasteiger charge is 2.18. The average Bonchev–Trinajstić information content (AvgIpc) is 3.19. The van der Waals surface area contributed by atoms with Crippen LogP contribution >= 0.6 is 11.3 Å². The van der Waals surface area contributed by atoms with Gasteiger partial charge in [0.05, 0.1) is 24.1 Å². The molecule has 0 bridgehead atoms. The number of rotatable bonds is 6. The first-order chi connectivity index (χ1) is 14.2. The molecule has 144 valence electrons. The van der Waals surface area contributed by atoms with Gasteiger partial charge in [0.1, 0.15) is 11.4 Å². The number of ether oxygens (including phenoxy) is 3. The highest BCUT2D eigenvalue weighted by atomic mass is 32.1. The van der Waals surface area contributed by atoms with E-state index in [1.807, 2.05) is 35.7 Å². The van der Waals surface area contributed by atoms with Crippen molar-refractivity contribution in [2.24, 2.45) is 0 Å². The Hall–Kier alpha value is -3.47. The number of nitriles is 1. The second-order valence-electron chi connectivity index (χ2n) is 6.15. The third kappa shape index (κ3) is 3.76. The maximum Gasteiger partial charge on any atom is 0.232 e. The molecule has 0 aliphatic rings. The van der Waals surface area contributed by atoms with Gasteiger partial charge in [-0.25, -0.2) is 4.98 Å². The van der Waals surface area contributed by atoms with Crippen LogP contribution < -0.4 is 9.47 Å². The van der Waals surface area contributed by atoms with E-state index in [1.165, 1.54) is 18.4 Å².